The van der Waals surface area contributed by atoms with Gasteiger partial charge >= 0.3 is 0 Å². The van der Waals surface area contributed by atoms with Crippen molar-refractivity contribution in [2.45, 2.75) is 19.4 Å². The second-order valence-corrected chi connectivity index (χ2v) is 6.87. The Morgan fingerprint density at radius 3 is 2.77 bits per heavy atom. The normalized spacial score (nSPS) is 12.3. The number of para-hydroxylation sites is 1. The van der Waals surface area contributed by atoms with Crippen molar-refractivity contribution in [3.8, 4) is 0 Å². The molecule has 1 N–H and O–H groups in total. The SMILES string of the molecule is CC[C@H](C(=O)Nc1ccccc1)n1cnc2c(sc3ncccc32)c1=O. The number of nitrogens with zero attached hydrogens (tertiary/aromatic N) is 3. The fourth-order valence-corrected chi connectivity index (χ4v) is 3.99. The fraction of sp³-hybridized carbons (Fsp3) is 0.158. The van der Waals surface area contributed by atoms with E-state index >= 15 is 0 Å². The van der Waals surface area contributed by atoms with Crippen LogP contribution in [-0.4, -0.2) is 20.4 Å². The monoisotopic (exact) mass is 364 g/mol. The molecule has 3 heterocycles. The van der Waals surface area contributed by atoms with Crippen LogP contribution < -0.4 is 10.9 Å². The van der Waals surface area contributed by atoms with Gasteiger partial charge in [-0.3, -0.25) is 14.2 Å². The zero-order chi connectivity index (χ0) is 18.1. The van der Waals surface area contributed by atoms with Gasteiger partial charge in [0.05, 0.1) is 11.8 Å². The predicted molar refractivity (Wildman–Crippen MR) is 104 cm³/mol. The van der Waals surface area contributed by atoms with E-state index in [0.717, 1.165) is 10.2 Å². The van der Waals surface area contributed by atoms with E-state index in [9.17, 15) is 9.59 Å². The molecule has 6 nitrogen and oxygen atoms in total. The highest BCUT2D eigenvalue weighted by atomic mass is 32.1. The number of benzene rings is 1. The number of hydrogen-bond donors (Lipinski definition) is 1. The number of rotatable bonds is 4. The molecule has 4 aromatic rings. The number of anilines is 1. The Balaban J connectivity index is 1.76. The van der Waals surface area contributed by atoms with Gasteiger partial charge in [0, 0.05) is 17.3 Å². The van der Waals surface area contributed by atoms with E-state index in [1.807, 2.05) is 49.4 Å². The van der Waals surface area contributed by atoms with Gasteiger partial charge in [0.1, 0.15) is 15.6 Å². The van der Waals surface area contributed by atoms with Crippen molar-refractivity contribution < 1.29 is 4.79 Å². The maximum Gasteiger partial charge on any atom is 0.272 e. The van der Waals surface area contributed by atoms with Gasteiger partial charge in [-0.2, -0.15) is 0 Å². The molecule has 0 radical (unpaired) electrons. The number of amides is 1. The van der Waals surface area contributed by atoms with E-state index in [-0.39, 0.29) is 11.5 Å². The van der Waals surface area contributed by atoms with E-state index in [2.05, 4.69) is 15.3 Å². The first-order valence-corrected chi connectivity index (χ1v) is 9.11. The lowest BCUT2D eigenvalue weighted by atomic mass is 10.2. The topological polar surface area (TPSA) is 76.9 Å². The van der Waals surface area contributed by atoms with Gasteiger partial charge < -0.3 is 5.32 Å². The Bertz CT molecular complexity index is 1150. The summed E-state index contributed by atoms with van der Waals surface area (Å²) in [5.74, 6) is -0.235. The van der Waals surface area contributed by atoms with Gasteiger partial charge in [-0.15, -0.1) is 11.3 Å². The Hall–Kier alpha value is -3.06. The van der Waals surface area contributed by atoms with Gasteiger partial charge in [-0.1, -0.05) is 25.1 Å². The van der Waals surface area contributed by atoms with E-state index in [1.54, 1.807) is 6.20 Å². The minimum atomic E-state index is -0.627. The molecule has 0 saturated carbocycles. The third-order valence-electron chi connectivity index (χ3n) is 4.25. The van der Waals surface area contributed by atoms with Crippen LogP contribution in [0.25, 0.3) is 20.4 Å². The van der Waals surface area contributed by atoms with Crippen molar-refractivity contribution in [3.63, 3.8) is 0 Å². The molecule has 0 aliphatic rings. The van der Waals surface area contributed by atoms with Crippen LogP contribution in [0.4, 0.5) is 5.69 Å². The van der Waals surface area contributed by atoms with Crippen LogP contribution in [0, 0.1) is 0 Å². The van der Waals surface area contributed by atoms with Gasteiger partial charge in [-0.05, 0) is 30.7 Å². The lowest BCUT2D eigenvalue weighted by Gasteiger charge is -2.17. The van der Waals surface area contributed by atoms with Crippen LogP contribution in [-0.2, 0) is 4.79 Å². The van der Waals surface area contributed by atoms with E-state index in [1.165, 1.54) is 22.2 Å². The molecule has 1 atom stereocenters. The average Bonchev–Trinajstić information content (AvgIpc) is 3.04. The highest BCUT2D eigenvalue weighted by Crippen LogP contribution is 2.28. The second kappa shape index (κ2) is 6.68. The lowest BCUT2D eigenvalue weighted by molar-refractivity contribution is -0.119. The third-order valence-corrected chi connectivity index (χ3v) is 5.34. The molecule has 4 rings (SSSR count). The van der Waals surface area contributed by atoms with Crippen LogP contribution in [0.5, 0.6) is 0 Å². The first kappa shape index (κ1) is 16.4. The molecule has 0 aliphatic carbocycles. The summed E-state index contributed by atoms with van der Waals surface area (Å²) in [6.07, 6.45) is 3.63. The lowest BCUT2D eigenvalue weighted by Crippen LogP contribution is -2.33. The van der Waals surface area contributed by atoms with Crippen molar-refractivity contribution >= 4 is 43.4 Å². The van der Waals surface area contributed by atoms with E-state index < -0.39 is 6.04 Å². The molecule has 0 spiro atoms. The minimum absolute atomic E-state index is 0.215. The summed E-state index contributed by atoms with van der Waals surface area (Å²) in [4.78, 5) is 35.2. The number of hydrogen-bond acceptors (Lipinski definition) is 5. The summed E-state index contributed by atoms with van der Waals surface area (Å²) in [5.41, 5.74) is 1.12. The molecular formula is C19H16N4O2S. The molecule has 7 heteroatoms. The Kier molecular flexibility index (Phi) is 4.22. The summed E-state index contributed by atoms with van der Waals surface area (Å²) in [7, 11) is 0. The van der Waals surface area contributed by atoms with Crippen molar-refractivity contribution in [1.82, 2.24) is 14.5 Å². The Morgan fingerprint density at radius 2 is 2.00 bits per heavy atom. The molecule has 3 aromatic heterocycles. The molecule has 0 bridgehead atoms. The van der Waals surface area contributed by atoms with Crippen molar-refractivity contribution in [3.05, 3.63) is 65.3 Å². The minimum Gasteiger partial charge on any atom is -0.324 e. The van der Waals surface area contributed by atoms with Crippen LogP contribution in [0.15, 0.2) is 59.8 Å². The van der Waals surface area contributed by atoms with Crippen LogP contribution in [0.1, 0.15) is 19.4 Å². The van der Waals surface area contributed by atoms with Gasteiger partial charge in [0.15, 0.2) is 0 Å². The number of aromatic nitrogens is 3. The van der Waals surface area contributed by atoms with Crippen LogP contribution in [0.3, 0.4) is 0 Å². The predicted octanol–water partition coefficient (Wildman–Crippen LogP) is 3.60. The number of thiophene rings is 1. The third kappa shape index (κ3) is 2.76. The number of nitrogens with one attached hydrogen (secondary N) is 1. The number of carbonyl (C=O) groups excluding carboxylic acids is 1. The Morgan fingerprint density at radius 1 is 1.19 bits per heavy atom. The van der Waals surface area contributed by atoms with Gasteiger partial charge in [0.2, 0.25) is 5.91 Å². The maximum absolute atomic E-state index is 13.0. The van der Waals surface area contributed by atoms with Crippen molar-refractivity contribution in [1.29, 1.82) is 0 Å². The van der Waals surface area contributed by atoms with Crippen LogP contribution >= 0.6 is 11.3 Å². The second-order valence-electron chi connectivity index (χ2n) is 5.87. The number of carbonyl (C=O) groups is 1. The molecule has 0 fully saturated rings. The quantitative estimate of drug-likeness (QED) is 0.600. The zero-order valence-electron chi connectivity index (χ0n) is 14.0. The molecule has 1 amide bonds. The highest BCUT2D eigenvalue weighted by Gasteiger charge is 2.22. The average molecular weight is 364 g/mol. The Labute approximate surface area is 153 Å². The summed E-state index contributed by atoms with van der Waals surface area (Å²) >= 11 is 1.31. The zero-order valence-corrected chi connectivity index (χ0v) is 14.9. The maximum atomic E-state index is 13.0. The first-order chi connectivity index (χ1) is 12.7. The van der Waals surface area contributed by atoms with Crippen LogP contribution in [0.2, 0.25) is 0 Å². The smallest absolute Gasteiger partial charge is 0.272 e. The fourth-order valence-electron chi connectivity index (χ4n) is 2.96. The summed E-state index contributed by atoms with van der Waals surface area (Å²) < 4.78 is 1.93. The molecule has 1 aromatic carbocycles. The molecule has 130 valence electrons. The molecular weight excluding hydrogens is 348 g/mol. The summed E-state index contributed by atoms with van der Waals surface area (Å²) in [5, 5.41) is 3.72. The number of pyridine rings is 1. The largest absolute Gasteiger partial charge is 0.324 e. The van der Waals surface area contributed by atoms with E-state index in [4.69, 9.17) is 0 Å². The van der Waals surface area contributed by atoms with Crippen molar-refractivity contribution in [2.75, 3.05) is 5.32 Å². The molecule has 0 saturated heterocycles. The molecule has 0 unspecified atom stereocenters. The molecule has 0 aliphatic heterocycles. The van der Waals surface area contributed by atoms with E-state index in [0.29, 0.717) is 22.3 Å². The van der Waals surface area contributed by atoms with Crippen molar-refractivity contribution in [2.24, 2.45) is 0 Å². The summed E-state index contributed by atoms with van der Waals surface area (Å²) in [6, 6.07) is 12.3. The molecule has 26 heavy (non-hydrogen) atoms. The highest BCUT2D eigenvalue weighted by molar-refractivity contribution is 7.25. The summed E-state index contributed by atoms with van der Waals surface area (Å²) in [6.45, 7) is 1.87. The standard InChI is InChI=1S/C19H16N4O2S/c1-2-14(17(24)22-12-7-4-3-5-8-12)23-11-21-15-13-9-6-10-20-18(13)26-16(15)19(23)25/h3-11,14H,2H2,1H3,(H,22,24)/t14-/m1/s1. The van der Waals surface area contributed by atoms with Gasteiger partial charge in [0.25, 0.3) is 5.56 Å². The first-order valence-electron chi connectivity index (χ1n) is 8.29. The van der Waals surface area contributed by atoms with Gasteiger partial charge in [-0.25, -0.2) is 9.97 Å². The number of fused-ring (bicyclic) bond motifs is 3.